The summed E-state index contributed by atoms with van der Waals surface area (Å²) in [6.07, 6.45) is -1.09. The van der Waals surface area contributed by atoms with Gasteiger partial charge in [0, 0.05) is 6.54 Å². The van der Waals surface area contributed by atoms with Gasteiger partial charge in [0.25, 0.3) is 0 Å². The van der Waals surface area contributed by atoms with Crippen LogP contribution in [0.25, 0.3) is 11.0 Å². The lowest BCUT2D eigenvalue weighted by atomic mass is 10.2. The predicted octanol–water partition coefficient (Wildman–Crippen LogP) is 2.89. The molecule has 0 fully saturated rings. The molecule has 0 aliphatic carbocycles. The lowest BCUT2D eigenvalue weighted by Gasteiger charge is -2.30. The summed E-state index contributed by atoms with van der Waals surface area (Å²) in [5.41, 5.74) is 1.92. The Bertz CT molecular complexity index is 835. The minimum absolute atomic E-state index is 0.0196. The molecule has 0 radical (unpaired) electrons. The second-order valence-corrected chi connectivity index (χ2v) is 9.32. The number of amides is 1. The van der Waals surface area contributed by atoms with Crippen LogP contribution in [0.15, 0.2) is 18.2 Å². The second kappa shape index (κ2) is 8.33. The molecule has 10 heteroatoms. The van der Waals surface area contributed by atoms with Crippen molar-refractivity contribution in [2.75, 3.05) is 12.3 Å². The first kappa shape index (κ1) is 19.9. The Hall–Kier alpha value is -1.39. The van der Waals surface area contributed by atoms with Crippen molar-refractivity contribution in [2.24, 2.45) is 5.92 Å². The van der Waals surface area contributed by atoms with Gasteiger partial charge in [-0.2, -0.15) is 21.4 Å². The number of aromatic nitrogens is 2. The average molecular weight is 404 g/mol. The standard InChI is InChI=1S/C15H21N3O4S3/c1-10(2)8-18(15(19)20)14(5-6-23)25(21,22)9-11-3-4-12-13(7-11)17-24-16-12/h3-4,7,10,14,23H,5-6,8-9H2,1-2H3,(H,19,20). The molecule has 2 aromatic rings. The van der Waals surface area contributed by atoms with Crippen molar-refractivity contribution in [3.8, 4) is 0 Å². The fraction of sp³-hybridized carbons (Fsp3) is 0.533. The largest absolute Gasteiger partial charge is 0.465 e. The van der Waals surface area contributed by atoms with Crippen molar-refractivity contribution < 1.29 is 18.3 Å². The Morgan fingerprint density at radius 3 is 2.60 bits per heavy atom. The Balaban J connectivity index is 2.31. The first-order chi connectivity index (χ1) is 11.7. The molecule has 1 aromatic heterocycles. The van der Waals surface area contributed by atoms with Gasteiger partial charge in [-0.1, -0.05) is 19.9 Å². The van der Waals surface area contributed by atoms with Gasteiger partial charge in [0.05, 0.1) is 17.5 Å². The van der Waals surface area contributed by atoms with E-state index < -0.39 is 21.3 Å². The van der Waals surface area contributed by atoms with E-state index in [1.165, 1.54) is 0 Å². The van der Waals surface area contributed by atoms with Gasteiger partial charge in [-0.3, -0.25) is 4.90 Å². The first-order valence-corrected chi connectivity index (χ1v) is 10.9. The molecular formula is C15H21N3O4S3. The molecule has 7 nitrogen and oxygen atoms in total. The Morgan fingerprint density at radius 1 is 1.32 bits per heavy atom. The van der Waals surface area contributed by atoms with Crippen LogP contribution in [0.5, 0.6) is 0 Å². The highest BCUT2D eigenvalue weighted by molar-refractivity contribution is 7.91. The molecule has 0 bridgehead atoms. The lowest BCUT2D eigenvalue weighted by Crippen LogP contribution is -2.46. The van der Waals surface area contributed by atoms with Crippen molar-refractivity contribution in [3.63, 3.8) is 0 Å². The summed E-state index contributed by atoms with van der Waals surface area (Å²) in [6.45, 7) is 3.86. The summed E-state index contributed by atoms with van der Waals surface area (Å²) in [7, 11) is -3.73. The van der Waals surface area contributed by atoms with Gasteiger partial charge in [0.2, 0.25) is 0 Å². The minimum Gasteiger partial charge on any atom is -0.465 e. The number of nitrogens with zero attached hydrogens (tertiary/aromatic N) is 3. The predicted molar refractivity (Wildman–Crippen MR) is 102 cm³/mol. The zero-order valence-electron chi connectivity index (χ0n) is 14.0. The second-order valence-electron chi connectivity index (χ2n) is 6.19. The number of benzene rings is 1. The van der Waals surface area contributed by atoms with Crippen LogP contribution < -0.4 is 0 Å². The van der Waals surface area contributed by atoms with E-state index in [-0.39, 0.29) is 30.4 Å². The molecule has 0 aliphatic heterocycles. The molecule has 1 heterocycles. The molecular weight excluding hydrogens is 382 g/mol. The van der Waals surface area contributed by atoms with Crippen LogP contribution >= 0.6 is 24.4 Å². The zero-order valence-corrected chi connectivity index (χ0v) is 16.5. The molecule has 2 rings (SSSR count). The maximum atomic E-state index is 12.9. The van der Waals surface area contributed by atoms with Crippen molar-refractivity contribution in [1.29, 1.82) is 0 Å². The van der Waals surface area contributed by atoms with Crippen molar-refractivity contribution in [2.45, 2.75) is 31.4 Å². The van der Waals surface area contributed by atoms with Gasteiger partial charge >= 0.3 is 6.09 Å². The van der Waals surface area contributed by atoms with Gasteiger partial charge in [-0.25, -0.2) is 13.2 Å². The van der Waals surface area contributed by atoms with E-state index in [9.17, 15) is 18.3 Å². The maximum absolute atomic E-state index is 12.9. The van der Waals surface area contributed by atoms with Crippen LogP contribution in [0.2, 0.25) is 0 Å². The highest BCUT2D eigenvalue weighted by atomic mass is 32.2. The van der Waals surface area contributed by atoms with Crippen LogP contribution in [-0.4, -0.2) is 50.9 Å². The van der Waals surface area contributed by atoms with Crippen LogP contribution in [0.4, 0.5) is 4.79 Å². The highest BCUT2D eigenvalue weighted by Crippen LogP contribution is 2.22. The highest BCUT2D eigenvalue weighted by Gasteiger charge is 2.34. The summed E-state index contributed by atoms with van der Waals surface area (Å²) in [4.78, 5) is 12.6. The van der Waals surface area contributed by atoms with Crippen LogP contribution in [0.3, 0.4) is 0 Å². The van der Waals surface area contributed by atoms with Crippen molar-refractivity contribution in [3.05, 3.63) is 23.8 Å². The Morgan fingerprint density at radius 2 is 2.00 bits per heavy atom. The average Bonchev–Trinajstić information content (AvgIpc) is 2.97. The van der Waals surface area contributed by atoms with Gasteiger partial charge in [-0.05, 0) is 35.8 Å². The quantitative estimate of drug-likeness (QED) is 0.657. The Labute approximate surface area is 156 Å². The molecule has 138 valence electrons. The van der Waals surface area contributed by atoms with E-state index in [0.29, 0.717) is 16.6 Å². The van der Waals surface area contributed by atoms with Gasteiger partial charge in [0.1, 0.15) is 16.4 Å². The van der Waals surface area contributed by atoms with Crippen molar-refractivity contribution >= 4 is 51.3 Å². The molecule has 0 spiro atoms. The third-order valence-corrected chi connectivity index (χ3v) is 6.50. The lowest BCUT2D eigenvalue weighted by molar-refractivity contribution is 0.131. The van der Waals surface area contributed by atoms with E-state index in [0.717, 1.165) is 16.6 Å². The van der Waals surface area contributed by atoms with E-state index in [1.54, 1.807) is 18.2 Å². The molecule has 1 N–H and O–H groups in total. The van der Waals surface area contributed by atoms with Gasteiger partial charge in [0.15, 0.2) is 9.84 Å². The number of hydrogen-bond acceptors (Lipinski definition) is 7. The number of hydrogen-bond donors (Lipinski definition) is 2. The van der Waals surface area contributed by atoms with Gasteiger partial charge in [-0.15, -0.1) is 0 Å². The molecule has 0 saturated carbocycles. The number of carbonyl (C=O) groups is 1. The number of rotatable bonds is 8. The number of carboxylic acid groups (broad SMARTS) is 1. The monoisotopic (exact) mass is 403 g/mol. The fourth-order valence-corrected chi connectivity index (χ4v) is 5.41. The van der Waals surface area contributed by atoms with E-state index in [2.05, 4.69) is 21.4 Å². The van der Waals surface area contributed by atoms with Crippen LogP contribution in [0, 0.1) is 5.92 Å². The van der Waals surface area contributed by atoms with E-state index >= 15 is 0 Å². The van der Waals surface area contributed by atoms with Crippen LogP contribution in [-0.2, 0) is 15.6 Å². The summed E-state index contributed by atoms with van der Waals surface area (Å²) < 4.78 is 34.0. The normalized spacial score (nSPS) is 13.3. The minimum atomic E-state index is -3.73. The number of sulfone groups is 1. The molecule has 1 unspecified atom stereocenters. The molecule has 0 saturated heterocycles. The summed E-state index contributed by atoms with van der Waals surface area (Å²) >= 11 is 5.17. The third kappa shape index (κ3) is 5.05. The first-order valence-electron chi connectivity index (χ1n) is 7.77. The number of thiol groups is 1. The molecule has 1 aromatic carbocycles. The maximum Gasteiger partial charge on any atom is 0.408 e. The summed E-state index contributed by atoms with van der Waals surface area (Å²) in [6, 6.07) is 5.09. The molecule has 0 aliphatic rings. The summed E-state index contributed by atoms with van der Waals surface area (Å²) in [5, 5.41) is 8.37. The molecule has 1 amide bonds. The Kier molecular flexibility index (Phi) is 6.64. The van der Waals surface area contributed by atoms with Gasteiger partial charge < -0.3 is 5.11 Å². The molecule has 1 atom stereocenters. The van der Waals surface area contributed by atoms with Crippen LogP contribution in [0.1, 0.15) is 25.8 Å². The van der Waals surface area contributed by atoms with Crippen molar-refractivity contribution in [1.82, 2.24) is 13.6 Å². The molecule has 25 heavy (non-hydrogen) atoms. The summed E-state index contributed by atoms with van der Waals surface area (Å²) in [5.74, 6) is 0.0489. The SMILES string of the molecule is CC(C)CN(C(=O)O)C(CCS)S(=O)(=O)Cc1ccc2nsnc2c1. The number of fused-ring (bicyclic) bond motifs is 1. The third-order valence-electron chi connectivity index (χ3n) is 3.63. The fourth-order valence-electron chi connectivity index (χ4n) is 2.60. The zero-order chi connectivity index (χ0) is 18.6. The smallest absolute Gasteiger partial charge is 0.408 e. The van der Waals surface area contributed by atoms with E-state index in [4.69, 9.17) is 0 Å². The topological polar surface area (TPSA) is 100 Å². The van der Waals surface area contributed by atoms with E-state index in [1.807, 2.05) is 13.8 Å².